The van der Waals surface area contributed by atoms with Crippen LogP contribution in [0.5, 0.6) is 0 Å². The standard InChI is InChI=1S/C20H28N4O3S/c1-15(2)20-21-10-13-23(20)14-17-8-11-24(12-9-17)28(26,27)19-6-4-18(5-7-19)22-16(3)25/h4-7,10,13,15,17H,8-9,11-12,14H2,1-3H3,(H,22,25). The van der Waals surface area contributed by atoms with E-state index >= 15 is 0 Å². The predicted molar refractivity (Wildman–Crippen MR) is 109 cm³/mol. The maximum absolute atomic E-state index is 12.9. The van der Waals surface area contributed by atoms with Gasteiger partial charge in [0.1, 0.15) is 5.82 Å². The fourth-order valence-corrected chi connectivity index (χ4v) is 5.12. The van der Waals surface area contributed by atoms with Gasteiger partial charge in [-0.1, -0.05) is 13.8 Å². The minimum Gasteiger partial charge on any atom is -0.334 e. The number of nitrogens with one attached hydrogen (secondary N) is 1. The molecule has 1 saturated heterocycles. The Hall–Kier alpha value is -2.19. The zero-order valence-corrected chi connectivity index (χ0v) is 17.4. The number of nitrogens with zero attached hydrogens (tertiary/aromatic N) is 3. The number of benzene rings is 1. The molecule has 1 aliphatic rings. The quantitative estimate of drug-likeness (QED) is 0.802. The fourth-order valence-electron chi connectivity index (χ4n) is 3.65. The minimum atomic E-state index is -3.51. The van der Waals surface area contributed by atoms with Gasteiger partial charge in [-0.2, -0.15) is 4.31 Å². The van der Waals surface area contributed by atoms with Crippen LogP contribution in [0.2, 0.25) is 0 Å². The highest BCUT2D eigenvalue weighted by Crippen LogP contribution is 2.26. The van der Waals surface area contributed by atoms with E-state index in [0.717, 1.165) is 25.2 Å². The van der Waals surface area contributed by atoms with E-state index in [1.807, 2.05) is 12.4 Å². The lowest BCUT2D eigenvalue weighted by Crippen LogP contribution is -2.39. The van der Waals surface area contributed by atoms with Gasteiger partial charge in [-0.05, 0) is 43.0 Å². The number of hydrogen-bond acceptors (Lipinski definition) is 4. The van der Waals surface area contributed by atoms with E-state index in [1.165, 1.54) is 6.92 Å². The van der Waals surface area contributed by atoms with Crippen LogP contribution >= 0.6 is 0 Å². The van der Waals surface area contributed by atoms with Gasteiger partial charge in [0.2, 0.25) is 15.9 Å². The molecule has 0 spiro atoms. The van der Waals surface area contributed by atoms with Gasteiger partial charge in [0.25, 0.3) is 0 Å². The molecule has 1 N–H and O–H groups in total. The van der Waals surface area contributed by atoms with E-state index in [0.29, 0.717) is 30.6 Å². The zero-order valence-electron chi connectivity index (χ0n) is 16.6. The van der Waals surface area contributed by atoms with Crippen LogP contribution in [0.4, 0.5) is 5.69 Å². The van der Waals surface area contributed by atoms with Gasteiger partial charge >= 0.3 is 0 Å². The topological polar surface area (TPSA) is 84.3 Å². The molecule has 8 heteroatoms. The molecule has 2 heterocycles. The molecule has 7 nitrogen and oxygen atoms in total. The Labute approximate surface area is 166 Å². The van der Waals surface area contributed by atoms with Crippen molar-refractivity contribution in [1.82, 2.24) is 13.9 Å². The molecule has 2 aromatic rings. The summed E-state index contributed by atoms with van der Waals surface area (Å²) in [5, 5.41) is 2.65. The van der Waals surface area contributed by atoms with Gasteiger partial charge in [0.15, 0.2) is 0 Å². The maximum atomic E-state index is 12.9. The number of anilines is 1. The first-order valence-electron chi connectivity index (χ1n) is 9.66. The molecule has 0 bridgehead atoms. The maximum Gasteiger partial charge on any atom is 0.243 e. The molecule has 0 saturated carbocycles. The number of carbonyl (C=O) groups is 1. The van der Waals surface area contributed by atoms with E-state index in [2.05, 4.69) is 28.7 Å². The number of hydrogen-bond donors (Lipinski definition) is 1. The molecule has 0 unspecified atom stereocenters. The van der Waals surface area contributed by atoms with Crippen molar-refractivity contribution in [3.63, 3.8) is 0 Å². The Morgan fingerprint density at radius 2 is 1.86 bits per heavy atom. The summed E-state index contributed by atoms with van der Waals surface area (Å²) in [5.41, 5.74) is 0.589. The number of piperidine rings is 1. The van der Waals surface area contributed by atoms with E-state index in [4.69, 9.17) is 0 Å². The first-order chi connectivity index (χ1) is 13.3. The molecule has 0 atom stereocenters. The second-order valence-electron chi connectivity index (χ2n) is 7.65. The molecule has 28 heavy (non-hydrogen) atoms. The summed E-state index contributed by atoms with van der Waals surface area (Å²) < 4.78 is 29.6. The molecule has 0 radical (unpaired) electrons. The molecular formula is C20H28N4O3S. The van der Waals surface area contributed by atoms with Crippen molar-refractivity contribution in [2.45, 2.75) is 51.0 Å². The van der Waals surface area contributed by atoms with E-state index in [9.17, 15) is 13.2 Å². The summed E-state index contributed by atoms with van der Waals surface area (Å²) in [4.78, 5) is 15.8. The van der Waals surface area contributed by atoms with Gasteiger partial charge in [-0.15, -0.1) is 0 Å². The summed E-state index contributed by atoms with van der Waals surface area (Å²) >= 11 is 0. The fraction of sp³-hybridized carbons (Fsp3) is 0.500. The van der Waals surface area contributed by atoms with Crippen molar-refractivity contribution in [3.05, 3.63) is 42.5 Å². The zero-order chi connectivity index (χ0) is 20.3. The average Bonchev–Trinajstić information content (AvgIpc) is 3.10. The summed E-state index contributed by atoms with van der Waals surface area (Å²) in [5.74, 6) is 1.71. The Kier molecular flexibility index (Phi) is 6.20. The predicted octanol–water partition coefficient (Wildman–Crippen LogP) is 3.07. The first kappa shape index (κ1) is 20.5. The summed E-state index contributed by atoms with van der Waals surface area (Å²) in [6.45, 7) is 7.60. The molecule has 1 aromatic heterocycles. The molecule has 1 fully saturated rings. The van der Waals surface area contributed by atoms with Crippen LogP contribution in [0.15, 0.2) is 41.6 Å². The summed E-state index contributed by atoms with van der Waals surface area (Å²) in [6.07, 6.45) is 5.51. The smallest absolute Gasteiger partial charge is 0.243 e. The van der Waals surface area contributed by atoms with Crippen molar-refractivity contribution in [2.75, 3.05) is 18.4 Å². The van der Waals surface area contributed by atoms with Gasteiger partial charge in [0, 0.05) is 50.6 Å². The lowest BCUT2D eigenvalue weighted by Gasteiger charge is -2.31. The number of aromatic nitrogens is 2. The third-order valence-corrected chi connectivity index (χ3v) is 7.02. The number of carbonyl (C=O) groups excluding carboxylic acids is 1. The third-order valence-electron chi connectivity index (χ3n) is 5.10. The van der Waals surface area contributed by atoms with Gasteiger partial charge in [0.05, 0.1) is 4.90 Å². The van der Waals surface area contributed by atoms with Crippen LogP contribution in [0.1, 0.15) is 45.4 Å². The third kappa shape index (κ3) is 4.62. The van der Waals surface area contributed by atoms with Gasteiger partial charge in [-0.3, -0.25) is 4.79 Å². The van der Waals surface area contributed by atoms with Crippen molar-refractivity contribution in [1.29, 1.82) is 0 Å². The molecule has 1 aliphatic heterocycles. The Balaban J connectivity index is 1.62. The highest BCUT2D eigenvalue weighted by Gasteiger charge is 2.29. The van der Waals surface area contributed by atoms with Crippen molar-refractivity contribution in [3.8, 4) is 0 Å². The Morgan fingerprint density at radius 1 is 1.21 bits per heavy atom. The monoisotopic (exact) mass is 404 g/mol. The van der Waals surface area contributed by atoms with Crippen molar-refractivity contribution >= 4 is 21.6 Å². The van der Waals surface area contributed by atoms with Crippen molar-refractivity contribution < 1.29 is 13.2 Å². The second-order valence-corrected chi connectivity index (χ2v) is 9.58. The summed E-state index contributed by atoms with van der Waals surface area (Å²) in [7, 11) is -3.51. The van der Waals surface area contributed by atoms with E-state index in [-0.39, 0.29) is 10.8 Å². The molecule has 3 rings (SSSR count). The largest absolute Gasteiger partial charge is 0.334 e. The summed E-state index contributed by atoms with van der Waals surface area (Å²) in [6, 6.07) is 6.33. The van der Waals surface area contributed by atoms with Gasteiger partial charge in [-0.25, -0.2) is 13.4 Å². The molecule has 1 amide bonds. The second kappa shape index (κ2) is 8.45. The van der Waals surface area contributed by atoms with Crippen LogP contribution in [-0.4, -0.2) is 41.3 Å². The number of sulfonamides is 1. The Morgan fingerprint density at radius 3 is 2.43 bits per heavy atom. The minimum absolute atomic E-state index is 0.184. The van der Waals surface area contributed by atoms with E-state index < -0.39 is 10.0 Å². The molecular weight excluding hydrogens is 376 g/mol. The number of imidazole rings is 1. The molecule has 1 aromatic carbocycles. The van der Waals surface area contributed by atoms with E-state index in [1.54, 1.807) is 28.6 Å². The normalized spacial score (nSPS) is 16.4. The van der Waals surface area contributed by atoms with Crippen LogP contribution < -0.4 is 5.32 Å². The highest BCUT2D eigenvalue weighted by molar-refractivity contribution is 7.89. The number of rotatable bonds is 6. The lowest BCUT2D eigenvalue weighted by atomic mass is 9.98. The van der Waals surface area contributed by atoms with Crippen LogP contribution in [0.25, 0.3) is 0 Å². The van der Waals surface area contributed by atoms with Crippen LogP contribution in [0.3, 0.4) is 0 Å². The first-order valence-corrected chi connectivity index (χ1v) is 11.1. The van der Waals surface area contributed by atoms with Crippen LogP contribution in [-0.2, 0) is 21.4 Å². The average molecular weight is 405 g/mol. The number of amides is 1. The molecule has 152 valence electrons. The molecule has 0 aliphatic carbocycles. The van der Waals surface area contributed by atoms with Crippen LogP contribution in [0, 0.1) is 5.92 Å². The van der Waals surface area contributed by atoms with Gasteiger partial charge < -0.3 is 9.88 Å². The highest BCUT2D eigenvalue weighted by atomic mass is 32.2. The lowest BCUT2D eigenvalue weighted by molar-refractivity contribution is -0.114. The SMILES string of the molecule is CC(=O)Nc1ccc(S(=O)(=O)N2CCC(Cn3ccnc3C(C)C)CC2)cc1. The van der Waals surface area contributed by atoms with Crippen molar-refractivity contribution in [2.24, 2.45) is 5.92 Å². The Bertz CT molecular complexity index is 911.